The van der Waals surface area contributed by atoms with Crippen LogP contribution < -0.4 is 0 Å². The number of rotatable bonds is 10. The maximum atomic E-state index is 4.72. The summed E-state index contributed by atoms with van der Waals surface area (Å²) in [5, 5.41) is 0. The van der Waals surface area contributed by atoms with Gasteiger partial charge in [-0.25, -0.2) is 0 Å². The van der Waals surface area contributed by atoms with Gasteiger partial charge in [0.25, 0.3) is 0 Å². The second-order valence-electron chi connectivity index (χ2n) is 14.1. The van der Waals surface area contributed by atoms with Crippen molar-refractivity contribution in [1.82, 2.24) is 0 Å². The van der Waals surface area contributed by atoms with E-state index in [0.29, 0.717) is 17.3 Å². The van der Waals surface area contributed by atoms with Crippen LogP contribution in [0.4, 0.5) is 0 Å². The fourth-order valence-corrected chi connectivity index (χ4v) is 7.60. The Morgan fingerprint density at radius 3 is 2.49 bits per heavy atom. The van der Waals surface area contributed by atoms with Crippen molar-refractivity contribution in [2.24, 2.45) is 17.3 Å². The molecule has 2 atom stereocenters. The Hall–Kier alpha value is -2.60. The Labute approximate surface area is 239 Å². The third-order valence-electron chi connectivity index (χ3n) is 9.26. The van der Waals surface area contributed by atoms with Crippen LogP contribution in [-0.4, -0.2) is 0 Å². The summed E-state index contributed by atoms with van der Waals surface area (Å²) in [6, 6.07) is 18.4. The van der Waals surface area contributed by atoms with E-state index in [0.717, 1.165) is 25.2 Å². The Bertz CT molecular complexity index is 1240. The van der Waals surface area contributed by atoms with Crippen LogP contribution in [0.15, 0.2) is 89.6 Å². The van der Waals surface area contributed by atoms with Crippen molar-refractivity contribution < 1.29 is 0 Å². The predicted octanol–water partition coefficient (Wildman–Crippen LogP) is 11.2. The Morgan fingerprint density at radius 1 is 0.974 bits per heavy atom. The van der Waals surface area contributed by atoms with Gasteiger partial charge in [0, 0.05) is 5.92 Å². The molecule has 2 aromatic rings. The van der Waals surface area contributed by atoms with Crippen molar-refractivity contribution in [2.75, 3.05) is 0 Å². The molecule has 0 N–H and O–H groups in total. The molecule has 2 aromatic carbocycles. The molecule has 0 aromatic heterocycles. The first kappa shape index (κ1) is 27.9. The standard InChI is InChI=1S/C39H50/c1-28(27-39(3,4)5)21-38(32-15-10-7-11-16-32)29(2)22-34-17-12-18-37(34)36-25-33-20-19-31(24-35(33)26-36)23-30-13-8-6-9-14-30/h7,10-11,15-20,24,26,28,30,38H,2,6,8-9,12-14,21-23,25,27H2,1,3-5H3. The summed E-state index contributed by atoms with van der Waals surface area (Å²) in [6.07, 6.45) is 21.3. The Balaban J connectivity index is 1.28. The van der Waals surface area contributed by atoms with E-state index < -0.39 is 0 Å². The molecule has 0 saturated heterocycles. The zero-order chi connectivity index (χ0) is 27.4. The van der Waals surface area contributed by atoms with Crippen LogP contribution in [0.25, 0.3) is 6.08 Å². The van der Waals surface area contributed by atoms with Gasteiger partial charge < -0.3 is 0 Å². The fourth-order valence-electron chi connectivity index (χ4n) is 7.60. The van der Waals surface area contributed by atoms with E-state index in [2.05, 4.69) is 94.5 Å². The minimum Gasteiger partial charge on any atom is -0.0989 e. The molecule has 0 nitrogen and oxygen atoms in total. The topological polar surface area (TPSA) is 0 Å². The van der Waals surface area contributed by atoms with Gasteiger partial charge in [0.05, 0.1) is 0 Å². The molecular weight excluding hydrogens is 468 g/mol. The van der Waals surface area contributed by atoms with E-state index in [1.165, 1.54) is 95.9 Å². The van der Waals surface area contributed by atoms with E-state index in [1.807, 2.05) is 0 Å². The molecule has 3 aliphatic rings. The van der Waals surface area contributed by atoms with E-state index in [-0.39, 0.29) is 0 Å². The van der Waals surface area contributed by atoms with Gasteiger partial charge in [0.2, 0.25) is 0 Å². The summed E-state index contributed by atoms with van der Waals surface area (Å²) in [5.41, 5.74) is 12.1. The summed E-state index contributed by atoms with van der Waals surface area (Å²) < 4.78 is 0. The lowest BCUT2D eigenvalue weighted by Crippen LogP contribution is -2.15. The summed E-state index contributed by atoms with van der Waals surface area (Å²) >= 11 is 0. The molecule has 0 spiro atoms. The first-order valence-corrected chi connectivity index (χ1v) is 15.7. The number of allylic oxidation sites excluding steroid dienone is 6. The van der Waals surface area contributed by atoms with Crippen molar-refractivity contribution >= 4 is 6.08 Å². The van der Waals surface area contributed by atoms with Crippen LogP contribution in [-0.2, 0) is 12.8 Å². The van der Waals surface area contributed by atoms with Crippen LogP contribution in [0.5, 0.6) is 0 Å². The average molecular weight is 519 g/mol. The lowest BCUT2D eigenvalue weighted by Gasteiger charge is -2.28. The molecule has 0 radical (unpaired) electrons. The molecular formula is C39H50. The van der Waals surface area contributed by atoms with Crippen molar-refractivity contribution in [1.29, 1.82) is 0 Å². The third-order valence-corrected chi connectivity index (χ3v) is 9.26. The minimum absolute atomic E-state index is 0.353. The number of fused-ring (bicyclic) bond motifs is 1. The van der Waals surface area contributed by atoms with Crippen LogP contribution in [0, 0.1) is 17.3 Å². The van der Waals surface area contributed by atoms with Crippen molar-refractivity contribution in [2.45, 2.75) is 104 Å². The van der Waals surface area contributed by atoms with Crippen molar-refractivity contribution in [3.05, 3.63) is 112 Å². The highest BCUT2D eigenvalue weighted by Crippen LogP contribution is 2.42. The first-order chi connectivity index (χ1) is 18.7. The highest BCUT2D eigenvalue weighted by molar-refractivity contribution is 5.72. The highest BCUT2D eigenvalue weighted by atomic mass is 14.3. The quantitative estimate of drug-likeness (QED) is 0.274. The molecule has 3 aliphatic carbocycles. The minimum atomic E-state index is 0.353. The smallest absolute Gasteiger partial charge is 0.00513 e. The van der Waals surface area contributed by atoms with Gasteiger partial charge in [0.15, 0.2) is 0 Å². The predicted molar refractivity (Wildman–Crippen MR) is 170 cm³/mol. The van der Waals surface area contributed by atoms with E-state index in [9.17, 15) is 0 Å². The van der Waals surface area contributed by atoms with Gasteiger partial charge >= 0.3 is 0 Å². The monoisotopic (exact) mass is 518 g/mol. The van der Waals surface area contributed by atoms with Gasteiger partial charge in [-0.3, -0.25) is 0 Å². The van der Waals surface area contributed by atoms with Gasteiger partial charge in [-0.1, -0.05) is 139 Å². The fraction of sp³-hybridized carbons (Fsp3) is 0.487. The van der Waals surface area contributed by atoms with Gasteiger partial charge in [-0.05, 0) is 94.7 Å². The molecule has 0 amide bonds. The maximum Gasteiger partial charge on any atom is 0.00513 e. The van der Waals surface area contributed by atoms with E-state index in [4.69, 9.17) is 6.58 Å². The zero-order valence-electron chi connectivity index (χ0n) is 25.1. The van der Waals surface area contributed by atoms with E-state index in [1.54, 1.807) is 0 Å². The summed E-state index contributed by atoms with van der Waals surface area (Å²) in [4.78, 5) is 0. The van der Waals surface area contributed by atoms with Crippen LogP contribution in [0.2, 0.25) is 0 Å². The molecule has 0 heteroatoms. The molecule has 0 heterocycles. The molecule has 206 valence electrons. The molecule has 1 fully saturated rings. The van der Waals surface area contributed by atoms with Crippen molar-refractivity contribution in [3.8, 4) is 0 Å². The van der Waals surface area contributed by atoms with Gasteiger partial charge in [0.1, 0.15) is 0 Å². The van der Waals surface area contributed by atoms with E-state index >= 15 is 0 Å². The summed E-state index contributed by atoms with van der Waals surface area (Å²) in [5.74, 6) is 1.96. The second-order valence-corrected chi connectivity index (χ2v) is 14.1. The molecule has 0 aliphatic heterocycles. The zero-order valence-corrected chi connectivity index (χ0v) is 25.1. The Kier molecular flexibility index (Phi) is 8.80. The van der Waals surface area contributed by atoms with Crippen LogP contribution in [0.1, 0.15) is 114 Å². The third kappa shape index (κ3) is 7.33. The second kappa shape index (κ2) is 12.3. The molecule has 39 heavy (non-hydrogen) atoms. The number of hydrogen-bond acceptors (Lipinski definition) is 0. The lowest BCUT2D eigenvalue weighted by molar-refractivity contribution is 0.290. The SMILES string of the molecule is C=C(CC1=CCC=C1C1=Cc2cc(CC3CCCCC3)ccc2C1)C(CC(C)CC(C)(C)C)c1ccccc1. The number of benzene rings is 2. The van der Waals surface area contributed by atoms with Crippen LogP contribution >= 0.6 is 0 Å². The van der Waals surface area contributed by atoms with Gasteiger partial charge in [-0.15, -0.1) is 0 Å². The van der Waals surface area contributed by atoms with Gasteiger partial charge in [-0.2, -0.15) is 0 Å². The lowest BCUT2D eigenvalue weighted by atomic mass is 9.76. The normalized spacial score (nSPS) is 19.2. The van der Waals surface area contributed by atoms with Crippen LogP contribution in [0.3, 0.4) is 0 Å². The maximum absolute atomic E-state index is 4.72. The summed E-state index contributed by atoms with van der Waals surface area (Å²) in [6.45, 7) is 14.2. The average Bonchev–Trinajstić information content (AvgIpc) is 3.53. The molecule has 5 rings (SSSR count). The largest absolute Gasteiger partial charge is 0.0989 e. The number of hydrogen-bond donors (Lipinski definition) is 0. The first-order valence-electron chi connectivity index (χ1n) is 15.7. The molecule has 2 unspecified atom stereocenters. The summed E-state index contributed by atoms with van der Waals surface area (Å²) in [7, 11) is 0. The van der Waals surface area contributed by atoms with Crippen molar-refractivity contribution in [3.63, 3.8) is 0 Å². The highest BCUT2D eigenvalue weighted by Gasteiger charge is 2.26. The molecule has 0 bridgehead atoms. The molecule has 1 saturated carbocycles. The Morgan fingerprint density at radius 2 is 1.74 bits per heavy atom.